The third kappa shape index (κ3) is 1.73. The molecule has 0 spiro atoms. The summed E-state index contributed by atoms with van der Waals surface area (Å²) in [7, 11) is 0. The second-order valence-electron chi connectivity index (χ2n) is 2.66. The molecule has 6 heteroatoms. The van der Waals surface area contributed by atoms with Crippen LogP contribution < -0.4 is 0 Å². The highest BCUT2D eigenvalue weighted by Gasteiger charge is 1.99. The Balaban J connectivity index is 2.10. The van der Waals surface area contributed by atoms with E-state index in [2.05, 4.69) is 20.4 Å². The van der Waals surface area contributed by atoms with Crippen LogP contribution in [0.1, 0.15) is 11.4 Å². The van der Waals surface area contributed by atoms with E-state index in [1.807, 2.05) is 4.57 Å². The lowest BCUT2D eigenvalue weighted by atomic mass is 10.4. The highest BCUT2D eigenvalue weighted by molar-refractivity contribution is 4.98. The molecule has 0 saturated carbocycles. The summed E-state index contributed by atoms with van der Waals surface area (Å²) in [5, 5.41) is 18.9. The van der Waals surface area contributed by atoms with Crippen molar-refractivity contribution in [2.75, 3.05) is 0 Å². The average molecular weight is 179 g/mol. The molecule has 2 aromatic rings. The molecular formula is C7H9N5O. The minimum absolute atomic E-state index is 0.0359. The summed E-state index contributed by atoms with van der Waals surface area (Å²) in [6.45, 7) is 0.579. The number of nitrogens with zero attached hydrogens (tertiary/aromatic N) is 4. The van der Waals surface area contributed by atoms with Gasteiger partial charge in [-0.05, 0) is 0 Å². The normalized spacial score (nSPS) is 10.5. The van der Waals surface area contributed by atoms with Crippen LogP contribution in [0.5, 0.6) is 0 Å². The quantitative estimate of drug-likeness (QED) is 0.668. The van der Waals surface area contributed by atoms with Crippen molar-refractivity contribution in [3.8, 4) is 0 Å². The second kappa shape index (κ2) is 3.36. The number of nitrogens with one attached hydrogen (secondary N) is 1. The van der Waals surface area contributed by atoms with Gasteiger partial charge in [0.05, 0.1) is 31.4 Å². The number of imidazole rings is 1. The fourth-order valence-corrected chi connectivity index (χ4v) is 1.06. The maximum Gasteiger partial charge on any atom is 0.102 e. The maximum absolute atomic E-state index is 8.77. The van der Waals surface area contributed by atoms with E-state index in [0.717, 1.165) is 5.69 Å². The summed E-state index contributed by atoms with van der Waals surface area (Å²) >= 11 is 0. The van der Waals surface area contributed by atoms with Crippen molar-refractivity contribution in [3.05, 3.63) is 30.1 Å². The van der Waals surface area contributed by atoms with Crippen molar-refractivity contribution in [1.82, 2.24) is 25.0 Å². The van der Waals surface area contributed by atoms with E-state index in [4.69, 9.17) is 5.11 Å². The Morgan fingerprint density at radius 3 is 3.00 bits per heavy atom. The van der Waals surface area contributed by atoms with E-state index in [-0.39, 0.29) is 6.61 Å². The highest BCUT2D eigenvalue weighted by Crippen LogP contribution is 1.99. The molecule has 13 heavy (non-hydrogen) atoms. The van der Waals surface area contributed by atoms with Gasteiger partial charge in [0.1, 0.15) is 5.69 Å². The fourth-order valence-electron chi connectivity index (χ4n) is 1.06. The third-order valence-electron chi connectivity index (χ3n) is 1.66. The summed E-state index contributed by atoms with van der Waals surface area (Å²) in [6.07, 6.45) is 5.08. The molecule has 6 nitrogen and oxygen atoms in total. The second-order valence-corrected chi connectivity index (χ2v) is 2.66. The van der Waals surface area contributed by atoms with Gasteiger partial charge in [-0.1, -0.05) is 0 Å². The molecule has 2 rings (SSSR count). The summed E-state index contributed by atoms with van der Waals surface area (Å²) in [5.41, 5.74) is 1.49. The summed E-state index contributed by atoms with van der Waals surface area (Å²) in [6, 6.07) is 0. The topological polar surface area (TPSA) is 79.6 Å². The van der Waals surface area contributed by atoms with E-state index in [1.165, 1.54) is 0 Å². The van der Waals surface area contributed by atoms with Gasteiger partial charge in [0.25, 0.3) is 0 Å². The van der Waals surface area contributed by atoms with Crippen molar-refractivity contribution in [2.24, 2.45) is 0 Å². The van der Waals surface area contributed by atoms with Gasteiger partial charge in [-0.2, -0.15) is 15.4 Å². The van der Waals surface area contributed by atoms with Gasteiger partial charge in [0.2, 0.25) is 0 Å². The minimum atomic E-state index is -0.0359. The molecule has 0 radical (unpaired) electrons. The first kappa shape index (κ1) is 7.93. The zero-order valence-electron chi connectivity index (χ0n) is 6.88. The Hall–Kier alpha value is -1.69. The highest BCUT2D eigenvalue weighted by atomic mass is 16.3. The zero-order valence-corrected chi connectivity index (χ0v) is 6.88. The monoisotopic (exact) mass is 179 g/mol. The number of rotatable bonds is 3. The standard InChI is InChI=1S/C7H9N5O/c13-4-7-3-12(5-8-7)2-6-1-9-11-10-6/h1,3,5,13H,2,4H2,(H,9,10,11). The lowest BCUT2D eigenvalue weighted by molar-refractivity contribution is 0.277. The van der Waals surface area contributed by atoms with Crippen molar-refractivity contribution in [3.63, 3.8) is 0 Å². The van der Waals surface area contributed by atoms with Crippen LogP contribution >= 0.6 is 0 Å². The molecule has 0 amide bonds. The molecule has 0 bridgehead atoms. The van der Waals surface area contributed by atoms with Crippen LogP contribution in [-0.2, 0) is 13.2 Å². The number of aromatic nitrogens is 5. The third-order valence-corrected chi connectivity index (χ3v) is 1.66. The van der Waals surface area contributed by atoms with Gasteiger partial charge in [0.15, 0.2) is 0 Å². The minimum Gasteiger partial charge on any atom is -0.390 e. The molecule has 0 unspecified atom stereocenters. The van der Waals surface area contributed by atoms with Crippen LogP contribution in [0.3, 0.4) is 0 Å². The van der Waals surface area contributed by atoms with Crippen LogP contribution in [-0.4, -0.2) is 30.1 Å². The van der Waals surface area contributed by atoms with Gasteiger partial charge in [-0.3, -0.25) is 0 Å². The van der Waals surface area contributed by atoms with Gasteiger partial charge < -0.3 is 9.67 Å². The van der Waals surface area contributed by atoms with Crippen LogP contribution in [0.2, 0.25) is 0 Å². The molecule has 2 N–H and O–H groups in total. The molecule has 0 aliphatic rings. The molecule has 0 atom stereocenters. The summed E-state index contributed by atoms with van der Waals surface area (Å²) in [4.78, 5) is 3.97. The van der Waals surface area contributed by atoms with Gasteiger partial charge in [-0.15, -0.1) is 0 Å². The molecule has 0 fully saturated rings. The van der Waals surface area contributed by atoms with Crippen molar-refractivity contribution >= 4 is 0 Å². The molecule has 0 aliphatic carbocycles. The van der Waals surface area contributed by atoms with Crippen LogP contribution in [0.15, 0.2) is 18.7 Å². The summed E-state index contributed by atoms with van der Waals surface area (Å²) in [5.74, 6) is 0. The molecule has 2 heterocycles. The van der Waals surface area contributed by atoms with E-state index in [9.17, 15) is 0 Å². The molecule has 68 valence electrons. The average Bonchev–Trinajstić information content (AvgIpc) is 2.76. The van der Waals surface area contributed by atoms with E-state index < -0.39 is 0 Å². The van der Waals surface area contributed by atoms with Crippen molar-refractivity contribution in [2.45, 2.75) is 13.2 Å². The summed E-state index contributed by atoms with van der Waals surface area (Å²) < 4.78 is 1.84. The van der Waals surface area contributed by atoms with Gasteiger partial charge >= 0.3 is 0 Å². The smallest absolute Gasteiger partial charge is 0.102 e. The van der Waals surface area contributed by atoms with Crippen LogP contribution in [0.4, 0.5) is 0 Å². The molecule has 2 aromatic heterocycles. The van der Waals surface area contributed by atoms with E-state index in [0.29, 0.717) is 12.2 Å². The van der Waals surface area contributed by atoms with Crippen molar-refractivity contribution < 1.29 is 5.11 Å². The lowest BCUT2D eigenvalue weighted by Gasteiger charge is -1.94. The van der Waals surface area contributed by atoms with E-state index in [1.54, 1.807) is 18.7 Å². The number of aliphatic hydroxyl groups is 1. The number of H-pyrrole nitrogens is 1. The fraction of sp³-hybridized carbons (Fsp3) is 0.286. The zero-order chi connectivity index (χ0) is 9.10. The first-order chi connectivity index (χ1) is 6.38. The maximum atomic E-state index is 8.77. The van der Waals surface area contributed by atoms with Crippen LogP contribution in [0.25, 0.3) is 0 Å². The van der Waals surface area contributed by atoms with Crippen molar-refractivity contribution in [1.29, 1.82) is 0 Å². The number of aromatic amines is 1. The van der Waals surface area contributed by atoms with Crippen LogP contribution in [0, 0.1) is 0 Å². The van der Waals surface area contributed by atoms with Gasteiger partial charge in [0, 0.05) is 6.20 Å². The largest absolute Gasteiger partial charge is 0.390 e. The lowest BCUT2D eigenvalue weighted by Crippen LogP contribution is -1.96. The SMILES string of the molecule is OCc1cn(Cc2cn[nH]n2)cn1. The molecular weight excluding hydrogens is 170 g/mol. The number of hydrogen-bond acceptors (Lipinski definition) is 4. The first-order valence-corrected chi connectivity index (χ1v) is 3.84. The Morgan fingerprint density at radius 2 is 2.38 bits per heavy atom. The molecule has 0 saturated heterocycles. The number of hydrogen-bond donors (Lipinski definition) is 2. The number of aliphatic hydroxyl groups excluding tert-OH is 1. The predicted molar refractivity (Wildman–Crippen MR) is 43.6 cm³/mol. The Morgan fingerprint density at radius 1 is 1.46 bits per heavy atom. The Kier molecular flexibility index (Phi) is 2.05. The Labute approximate surface area is 74.2 Å². The molecule has 0 aromatic carbocycles. The van der Waals surface area contributed by atoms with E-state index >= 15 is 0 Å². The predicted octanol–water partition coefficient (Wildman–Crippen LogP) is -0.458. The van der Waals surface area contributed by atoms with Gasteiger partial charge in [-0.25, -0.2) is 4.98 Å². The first-order valence-electron chi connectivity index (χ1n) is 3.84. The Bertz CT molecular complexity index is 366. The molecule has 0 aliphatic heterocycles.